The Morgan fingerprint density at radius 2 is 2.11 bits per heavy atom. The first-order valence-electron chi connectivity index (χ1n) is 6.79. The maximum Gasteiger partial charge on any atom is 0.328 e. The molecule has 1 aromatic rings. The zero-order valence-corrected chi connectivity index (χ0v) is 11.2. The summed E-state index contributed by atoms with van der Waals surface area (Å²) in [5.74, 6) is -0.166. The van der Waals surface area contributed by atoms with Gasteiger partial charge in [-0.15, -0.1) is 0 Å². The first kappa shape index (κ1) is 12.9. The largest absolute Gasteiger partial charge is 0.464 e. The van der Waals surface area contributed by atoms with Gasteiger partial charge >= 0.3 is 5.97 Å². The van der Waals surface area contributed by atoms with E-state index in [0.717, 1.165) is 18.5 Å². The van der Waals surface area contributed by atoms with Gasteiger partial charge in [0.15, 0.2) is 0 Å². The Morgan fingerprint density at radius 3 is 2.83 bits per heavy atom. The predicted octanol–water partition coefficient (Wildman–Crippen LogP) is 2.93. The van der Waals surface area contributed by atoms with Crippen molar-refractivity contribution in [1.82, 2.24) is 0 Å². The molecule has 0 aromatic heterocycles. The van der Waals surface area contributed by atoms with Crippen LogP contribution in [0.3, 0.4) is 0 Å². The van der Waals surface area contributed by atoms with E-state index in [1.807, 2.05) is 13.8 Å². The molecule has 0 fully saturated rings. The first-order valence-corrected chi connectivity index (χ1v) is 6.79. The molecule has 0 spiro atoms. The maximum absolute atomic E-state index is 11.7. The molecule has 0 heterocycles. The summed E-state index contributed by atoms with van der Waals surface area (Å²) in [4.78, 5) is 11.7. The molecule has 1 unspecified atom stereocenters. The minimum atomic E-state index is -0.246. The Bertz CT molecular complexity index is 429. The van der Waals surface area contributed by atoms with E-state index < -0.39 is 0 Å². The molecule has 1 N–H and O–H groups in total. The van der Waals surface area contributed by atoms with Crippen LogP contribution in [-0.2, 0) is 22.4 Å². The van der Waals surface area contributed by atoms with Gasteiger partial charge in [-0.25, -0.2) is 4.79 Å². The van der Waals surface area contributed by atoms with E-state index in [1.165, 1.54) is 24.0 Å². The van der Waals surface area contributed by atoms with Crippen LogP contribution in [0.5, 0.6) is 0 Å². The molecular formula is C15H21NO2. The molecule has 2 rings (SSSR count). The molecule has 18 heavy (non-hydrogen) atoms. The van der Waals surface area contributed by atoms with Gasteiger partial charge in [-0.05, 0) is 55.9 Å². The van der Waals surface area contributed by atoms with Crippen molar-refractivity contribution in [1.29, 1.82) is 0 Å². The molecule has 3 nitrogen and oxygen atoms in total. The van der Waals surface area contributed by atoms with Crippen molar-refractivity contribution in [3.8, 4) is 0 Å². The number of carbonyl (C=O) groups excluding carboxylic acids is 1. The Balaban J connectivity index is 2.05. The number of carbonyl (C=O) groups is 1. The van der Waals surface area contributed by atoms with Crippen molar-refractivity contribution >= 4 is 11.7 Å². The Kier molecular flexibility index (Phi) is 4.24. The highest BCUT2D eigenvalue weighted by Crippen LogP contribution is 2.25. The fourth-order valence-electron chi connectivity index (χ4n) is 2.43. The average Bonchev–Trinajstić information content (AvgIpc) is 2.83. The Morgan fingerprint density at radius 1 is 1.33 bits per heavy atom. The summed E-state index contributed by atoms with van der Waals surface area (Å²) in [5.41, 5.74) is 3.89. The van der Waals surface area contributed by atoms with E-state index in [0.29, 0.717) is 6.61 Å². The quantitative estimate of drug-likeness (QED) is 0.813. The standard InChI is InChI=1S/C15H21NO2/c1-3-14(15(17)18-4-2)16-13-9-8-11-6-5-7-12(11)10-13/h8-10,14,16H,3-7H2,1-2H3. The van der Waals surface area contributed by atoms with Gasteiger partial charge in [-0.2, -0.15) is 0 Å². The molecule has 1 aromatic carbocycles. The molecule has 0 aliphatic heterocycles. The minimum absolute atomic E-state index is 0.166. The summed E-state index contributed by atoms with van der Waals surface area (Å²) in [6.07, 6.45) is 4.32. The summed E-state index contributed by atoms with van der Waals surface area (Å²) in [6.45, 7) is 4.25. The molecule has 0 bridgehead atoms. The fraction of sp³-hybridized carbons (Fsp3) is 0.533. The lowest BCUT2D eigenvalue weighted by atomic mass is 10.1. The van der Waals surface area contributed by atoms with Gasteiger partial charge in [0.25, 0.3) is 0 Å². The predicted molar refractivity (Wildman–Crippen MR) is 72.8 cm³/mol. The van der Waals surface area contributed by atoms with Crippen LogP contribution >= 0.6 is 0 Å². The minimum Gasteiger partial charge on any atom is -0.464 e. The van der Waals surface area contributed by atoms with E-state index in [4.69, 9.17) is 4.74 Å². The second kappa shape index (κ2) is 5.89. The normalized spacial score (nSPS) is 15.0. The maximum atomic E-state index is 11.7. The molecular weight excluding hydrogens is 226 g/mol. The van der Waals surface area contributed by atoms with Crippen LogP contribution in [0.2, 0.25) is 0 Å². The molecule has 1 aliphatic carbocycles. The van der Waals surface area contributed by atoms with Gasteiger partial charge in [-0.3, -0.25) is 0 Å². The lowest BCUT2D eigenvalue weighted by Gasteiger charge is -2.17. The second-order valence-corrected chi connectivity index (χ2v) is 4.69. The lowest BCUT2D eigenvalue weighted by molar-refractivity contribution is -0.144. The van der Waals surface area contributed by atoms with Gasteiger partial charge in [0.2, 0.25) is 0 Å². The summed E-state index contributed by atoms with van der Waals surface area (Å²) >= 11 is 0. The summed E-state index contributed by atoms with van der Waals surface area (Å²) < 4.78 is 5.06. The number of rotatable bonds is 5. The van der Waals surface area contributed by atoms with E-state index >= 15 is 0 Å². The highest BCUT2D eigenvalue weighted by Gasteiger charge is 2.18. The van der Waals surface area contributed by atoms with Gasteiger partial charge in [0, 0.05) is 5.69 Å². The highest BCUT2D eigenvalue weighted by atomic mass is 16.5. The van der Waals surface area contributed by atoms with Crippen molar-refractivity contribution in [2.75, 3.05) is 11.9 Å². The smallest absolute Gasteiger partial charge is 0.328 e. The number of hydrogen-bond donors (Lipinski definition) is 1. The molecule has 1 aliphatic rings. The number of hydrogen-bond acceptors (Lipinski definition) is 3. The number of nitrogens with one attached hydrogen (secondary N) is 1. The van der Waals surface area contributed by atoms with Crippen LogP contribution in [0.4, 0.5) is 5.69 Å². The third kappa shape index (κ3) is 2.84. The molecule has 0 saturated carbocycles. The Hall–Kier alpha value is -1.51. The summed E-state index contributed by atoms with van der Waals surface area (Å²) in [5, 5.41) is 3.27. The van der Waals surface area contributed by atoms with Crippen LogP contribution in [0.15, 0.2) is 18.2 Å². The molecule has 1 atom stereocenters. The monoisotopic (exact) mass is 247 g/mol. The third-order valence-electron chi connectivity index (χ3n) is 3.42. The average molecular weight is 247 g/mol. The molecule has 0 radical (unpaired) electrons. The van der Waals surface area contributed by atoms with E-state index in [-0.39, 0.29) is 12.0 Å². The van der Waals surface area contributed by atoms with Crippen LogP contribution in [0, 0.1) is 0 Å². The highest BCUT2D eigenvalue weighted by molar-refractivity contribution is 5.79. The third-order valence-corrected chi connectivity index (χ3v) is 3.42. The molecule has 0 saturated heterocycles. The van der Waals surface area contributed by atoms with Crippen LogP contribution in [0.25, 0.3) is 0 Å². The summed E-state index contributed by atoms with van der Waals surface area (Å²) in [7, 11) is 0. The number of ether oxygens (including phenoxy) is 1. The van der Waals surface area contributed by atoms with Crippen LogP contribution in [-0.4, -0.2) is 18.6 Å². The first-order chi connectivity index (χ1) is 8.74. The van der Waals surface area contributed by atoms with Crippen LogP contribution < -0.4 is 5.32 Å². The molecule has 3 heteroatoms. The van der Waals surface area contributed by atoms with Crippen molar-refractivity contribution in [3.05, 3.63) is 29.3 Å². The number of aryl methyl sites for hydroxylation is 2. The van der Waals surface area contributed by atoms with Gasteiger partial charge in [-0.1, -0.05) is 13.0 Å². The Labute approximate surface area is 109 Å². The SMILES string of the molecule is CCOC(=O)C(CC)Nc1ccc2c(c1)CCC2. The number of fused-ring (bicyclic) bond motifs is 1. The number of anilines is 1. The number of esters is 1. The van der Waals surface area contributed by atoms with Crippen molar-refractivity contribution in [3.63, 3.8) is 0 Å². The van der Waals surface area contributed by atoms with Gasteiger partial charge in [0.1, 0.15) is 6.04 Å². The van der Waals surface area contributed by atoms with Crippen molar-refractivity contribution in [2.24, 2.45) is 0 Å². The number of benzene rings is 1. The van der Waals surface area contributed by atoms with Gasteiger partial charge in [0.05, 0.1) is 6.61 Å². The topological polar surface area (TPSA) is 38.3 Å². The van der Waals surface area contributed by atoms with E-state index in [9.17, 15) is 4.79 Å². The van der Waals surface area contributed by atoms with Crippen molar-refractivity contribution in [2.45, 2.75) is 45.6 Å². The molecule has 0 amide bonds. The fourth-order valence-corrected chi connectivity index (χ4v) is 2.43. The van der Waals surface area contributed by atoms with Crippen molar-refractivity contribution < 1.29 is 9.53 Å². The zero-order chi connectivity index (χ0) is 13.0. The van der Waals surface area contributed by atoms with E-state index in [1.54, 1.807) is 0 Å². The van der Waals surface area contributed by atoms with E-state index in [2.05, 4.69) is 23.5 Å². The lowest BCUT2D eigenvalue weighted by Crippen LogP contribution is -2.30. The zero-order valence-electron chi connectivity index (χ0n) is 11.2. The van der Waals surface area contributed by atoms with Crippen LogP contribution in [0.1, 0.15) is 37.8 Å². The molecule has 98 valence electrons. The summed E-state index contributed by atoms with van der Waals surface area (Å²) in [6, 6.07) is 6.16. The second-order valence-electron chi connectivity index (χ2n) is 4.69. The van der Waals surface area contributed by atoms with Gasteiger partial charge < -0.3 is 10.1 Å².